The van der Waals surface area contributed by atoms with Gasteiger partial charge in [-0.25, -0.2) is 9.18 Å². The van der Waals surface area contributed by atoms with Crippen LogP contribution in [0.1, 0.15) is 0 Å². The molecule has 0 aliphatic heterocycles. The second-order valence-electron chi connectivity index (χ2n) is 2.08. The van der Waals surface area contributed by atoms with Crippen molar-refractivity contribution in [3.05, 3.63) is 30.3 Å². The van der Waals surface area contributed by atoms with Gasteiger partial charge in [-0.2, -0.15) is 4.57 Å². The standard InChI is InChI=1S/C7H6FNO2.BrH/c8-6-1-3-9(4-2-6)5-7(10)11;/h1-4H,5H2;1H. The minimum absolute atomic E-state index is 0. The third-order valence-electron chi connectivity index (χ3n) is 1.17. The van der Waals surface area contributed by atoms with Gasteiger partial charge in [0, 0.05) is 12.1 Å². The van der Waals surface area contributed by atoms with Crippen LogP contribution >= 0.6 is 0 Å². The van der Waals surface area contributed by atoms with Crippen LogP contribution < -0.4 is 21.5 Å². The maximum Gasteiger partial charge on any atom is 0.370 e. The van der Waals surface area contributed by atoms with Crippen LogP contribution in [0.5, 0.6) is 0 Å². The number of hydrogen-bond donors (Lipinski definition) is 1. The van der Waals surface area contributed by atoms with Gasteiger partial charge in [0.25, 0.3) is 0 Å². The first-order chi connectivity index (χ1) is 5.18. The van der Waals surface area contributed by atoms with E-state index in [1.165, 1.54) is 29.1 Å². The van der Waals surface area contributed by atoms with E-state index in [0.29, 0.717) is 0 Å². The van der Waals surface area contributed by atoms with Crippen LogP contribution in [0.4, 0.5) is 4.39 Å². The summed E-state index contributed by atoms with van der Waals surface area (Å²) < 4.78 is 13.6. The zero-order valence-corrected chi connectivity index (χ0v) is 7.66. The fourth-order valence-electron chi connectivity index (χ4n) is 0.701. The van der Waals surface area contributed by atoms with Gasteiger partial charge in [-0.1, -0.05) is 0 Å². The quantitative estimate of drug-likeness (QED) is 0.563. The molecular formula is C7H7BrFNO2. The molecule has 12 heavy (non-hydrogen) atoms. The molecule has 0 atom stereocenters. The molecule has 5 heteroatoms. The first-order valence-corrected chi connectivity index (χ1v) is 3.05. The summed E-state index contributed by atoms with van der Waals surface area (Å²) >= 11 is 0. The van der Waals surface area contributed by atoms with Gasteiger partial charge >= 0.3 is 5.97 Å². The summed E-state index contributed by atoms with van der Waals surface area (Å²) in [5.74, 6) is -1.31. The molecule has 1 rings (SSSR count). The molecule has 1 N–H and O–H groups in total. The summed E-state index contributed by atoms with van der Waals surface area (Å²) in [6, 6.07) is 2.42. The topological polar surface area (TPSA) is 41.2 Å². The molecule has 0 unspecified atom stereocenters. The number of carbonyl (C=O) groups is 1. The summed E-state index contributed by atoms with van der Waals surface area (Å²) in [6.45, 7) is -0.139. The summed E-state index contributed by atoms with van der Waals surface area (Å²) in [7, 11) is 0. The van der Waals surface area contributed by atoms with Gasteiger partial charge < -0.3 is 22.1 Å². The number of hydrogen-bond acceptors (Lipinski definition) is 1. The Bertz CT molecular complexity index is 263. The van der Waals surface area contributed by atoms with E-state index in [0.717, 1.165) is 0 Å². The molecule has 0 aromatic carbocycles. The van der Waals surface area contributed by atoms with Gasteiger partial charge in [0.1, 0.15) is 5.82 Å². The predicted octanol–water partition coefficient (Wildman–Crippen LogP) is -2.80. The third-order valence-corrected chi connectivity index (χ3v) is 1.17. The van der Waals surface area contributed by atoms with Gasteiger partial charge in [0.15, 0.2) is 12.4 Å². The fourth-order valence-corrected chi connectivity index (χ4v) is 0.701. The van der Waals surface area contributed by atoms with Crippen LogP contribution in [0.3, 0.4) is 0 Å². The molecule has 3 nitrogen and oxygen atoms in total. The number of nitrogens with zero attached hydrogens (tertiary/aromatic N) is 1. The Morgan fingerprint density at radius 2 is 2.00 bits per heavy atom. The van der Waals surface area contributed by atoms with Crippen molar-refractivity contribution in [2.24, 2.45) is 0 Å². The number of rotatable bonds is 2. The van der Waals surface area contributed by atoms with Crippen LogP contribution in [-0.2, 0) is 11.3 Å². The van der Waals surface area contributed by atoms with Crippen LogP contribution in [0, 0.1) is 5.82 Å². The van der Waals surface area contributed by atoms with Gasteiger partial charge in [0.05, 0.1) is 0 Å². The van der Waals surface area contributed by atoms with Crippen molar-refractivity contribution in [2.75, 3.05) is 0 Å². The van der Waals surface area contributed by atoms with Gasteiger partial charge in [0.2, 0.25) is 6.54 Å². The van der Waals surface area contributed by atoms with Crippen molar-refractivity contribution in [3.8, 4) is 0 Å². The Morgan fingerprint density at radius 3 is 2.42 bits per heavy atom. The lowest BCUT2D eigenvalue weighted by atomic mass is 10.4. The molecule has 1 aromatic heterocycles. The second kappa shape index (κ2) is 4.82. The van der Waals surface area contributed by atoms with Gasteiger partial charge in [-0.05, 0) is 0 Å². The van der Waals surface area contributed by atoms with Crippen LogP contribution in [-0.4, -0.2) is 11.1 Å². The summed E-state index contributed by atoms with van der Waals surface area (Å²) in [6.07, 6.45) is 2.76. The molecule has 0 aliphatic rings. The Hall–Kier alpha value is -0.970. The van der Waals surface area contributed by atoms with Crippen molar-refractivity contribution < 1.29 is 35.8 Å². The first-order valence-electron chi connectivity index (χ1n) is 3.05. The van der Waals surface area contributed by atoms with Crippen molar-refractivity contribution in [3.63, 3.8) is 0 Å². The maximum absolute atomic E-state index is 12.3. The SMILES string of the molecule is O=C(O)C[n+]1ccc(F)cc1.[Br-]. The van der Waals surface area contributed by atoms with E-state index >= 15 is 0 Å². The number of aromatic nitrogens is 1. The molecule has 0 aliphatic carbocycles. The highest BCUT2D eigenvalue weighted by atomic mass is 79.9. The predicted molar refractivity (Wildman–Crippen MR) is 34.2 cm³/mol. The normalized spacial score (nSPS) is 8.75. The monoisotopic (exact) mass is 235 g/mol. The molecule has 0 saturated carbocycles. The minimum Gasteiger partial charge on any atom is -1.00 e. The molecule has 66 valence electrons. The zero-order chi connectivity index (χ0) is 8.27. The summed E-state index contributed by atoms with van der Waals surface area (Å²) in [5, 5.41) is 8.32. The van der Waals surface area contributed by atoms with E-state index in [2.05, 4.69) is 0 Å². The number of carboxylic acid groups (broad SMARTS) is 1. The smallest absolute Gasteiger partial charge is 0.370 e. The molecule has 0 bridgehead atoms. The minimum atomic E-state index is -0.943. The van der Waals surface area contributed by atoms with E-state index in [-0.39, 0.29) is 29.3 Å². The van der Waals surface area contributed by atoms with E-state index < -0.39 is 5.97 Å². The summed E-state index contributed by atoms with van der Waals surface area (Å²) in [5.41, 5.74) is 0. The van der Waals surface area contributed by atoms with Crippen molar-refractivity contribution in [1.82, 2.24) is 0 Å². The Labute approximate surface area is 79.2 Å². The number of carboxylic acids is 1. The highest BCUT2D eigenvalue weighted by Crippen LogP contribution is 1.88. The van der Waals surface area contributed by atoms with Crippen LogP contribution in [0.25, 0.3) is 0 Å². The zero-order valence-electron chi connectivity index (χ0n) is 6.08. The lowest BCUT2D eigenvalue weighted by molar-refractivity contribution is -0.686. The maximum atomic E-state index is 12.3. The van der Waals surface area contributed by atoms with Gasteiger partial charge in [-0.3, -0.25) is 0 Å². The lowest BCUT2D eigenvalue weighted by Gasteiger charge is -1.89. The Balaban J connectivity index is 0.00000121. The van der Waals surface area contributed by atoms with Crippen LogP contribution in [0.2, 0.25) is 0 Å². The van der Waals surface area contributed by atoms with E-state index in [1.54, 1.807) is 0 Å². The molecule has 0 radical (unpaired) electrons. The average Bonchev–Trinajstić information content (AvgIpc) is 1.93. The summed E-state index contributed by atoms with van der Waals surface area (Å²) in [4.78, 5) is 10.1. The van der Waals surface area contributed by atoms with E-state index in [1.807, 2.05) is 0 Å². The van der Waals surface area contributed by atoms with Crippen molar-refractivity contribution in [2.45, 2.75) is 6.54 Å². The molecule has 1 heterocycles. The molecular weight excluding hydrogens is 229 g/mol. The largest absolute Gasteiger partial charge is 1.00 e. The van der Waals surface area contributed by atoms with Gasteiger partial charge in [-0.15, -0.1) is 0 Å². The third kappa shape index (κ3) is 3.43. The second-order valence-corrected chi connectivity index (χ2v) is 2.08. The highest BCUT2D eigenvalue weighted by Gasteiger charge is 2.05. The molecule has 0 fully saturated rings. The van der Waals surface area contributed by atoms with E-state index in [9.17, 15) is 9.18 Å². The Kier molecular flexibility index (Phi) is 4.43. The molecule has 0 amide bonds. The van der Waals surface area contributed by atoms with Crippen LogP contribution in [0.15, 0.2) is 24.5 Å². The number of halogens is 2. The average molecular weight is 236 g/mol. The molecule has 0 saturated heterocycles. The Morgan fingerprint density at radius 1 is 1.50 bits per heavy atom. The number of pyridine rings is 1. The lowest BCUT2D eigenvalue weighted by Crippen LogP contribution is -3.00. The van der Waals surface area contributed by atoms with Crippen molar-refractivity contribution in [1.29, 1.82) is 0 Å². The highest BCUT2D eigenvalue weighted by molar-refractivity contribution is 5.64. The fraction of sp³-hybridized carbons (Fsp3) is 0.143. The first kappa shape index (κ1) is 11.0. The van der Waals surface area contributed by atoms with Crippen molar-refractivity contribution >= 4 is 5.97 Å². The number of aliphatic carboxylic acids is 1. The molecule has 1 aromatic rings. The van der Waals surface area contributed by atoms with E-state index in [4.69, 9.17) is 5.11 Å². The molecule has 0 spiro atoms.